The Balaban J connectivity index is 3.30. The molecule has 1 aromatic rings. The van der Waals surface area contributed by atoms with Crippen LogP contribution in [-0.4, -0.2) is 12.2 Å². The Morgan fingerprint density at radius 3 is 2.77 bits per heavy atom. The van der Waals surface area contributed by atoms with Gasteiger partial charge in [-0.05, 0) is 40.3 Å². The number of aliphatic hydroxyl groups is 1. The monoisotopic (exact) mass is 289 g/mol. The first-order chi connectivity index (χ1) is 6.22. The molecule has 0 aliphatic heterocycles. The molecule has 0 saturated carbocycles. The second-order valence-electron chi connectivity index (χ2n) is 2.42. The molecule has 0 heterocycles. The number of rotatable bonds is 2. The molecule has 0 aliphatic carbocycles. The lowest BCUT2D eigenvalue weighted by Crippen LogP contribution is -1.95. The van der Waals surface area contributed by atoms with E-state index in [2.05, 4.69) is 22.6 Å². The Labute approximate surface area is 90.1 Å². The van der Waals surface area contributed by atoms with Crippen LogP contribution >= 0.6 is 22.6 Å². The van der Waals surface area contributed by atoms with Crippen molar-refractivity contribution in [1.82, 2.24) is 0 Å². The van der Waals surface area contributed by atoms with Crippen LogP contribution in [0.1, 0.15) is 11.1 Å². The highest BCUT2D eigenvalue weighted by Crippen LogP contribution is 2.26. The molecule has 0 fully saturated rings. The number of methoxy groups -OCH3 is 1. The number of nitrogens with zero attached hydrogens (tertiary/aromatic N) is 1. The van der Waals surface area contributed by atoms with Gasteiger partial charge in [0.15, 0.2) is 0 Å². The molecule has 13 heavy (non-hydrogen) atoms. The predicted molar refractivity (Wildman–Crippen MR) is 56.3 cm³/mol. The Kier molecular flexibility index (Phi) is 3.51. The minimum Gasteiger partial charge on any atom is -0.496 e. The highest BCUT2D eigenvalue weighted by Gasteiger charge is 2.07. The lowest BCUT2D eigenvalue weighted by atomic mass is 10.1. The van der Waals surface area contributed by atoms with E-state index in [1.807, 2.05) is 6.07 Å². The van der Waals surface area contributed by atoms with E-state index in [1.54, 1.807) is 19.2 Å². The highest BCUT2D eigenvalue weighted by atomic mass is 127. The first-order valence-corrected chi connectivity index (χ1v) is 4.68. The van der Waals surface area contributed by atoms with Crippen LogP contribution in [0, 0.1) is 14.9 Å². The molecule has 1 rings (SSSR count). The fourth-order valence-electron chi connectivity index (χ4n) is 0.984. The van der Waals surface area contributed by atoms with Gasteiger partial charge in [0, 0.05) is 0 Å². The number of ether oxygens (including phenoxy) is 1. The third kappa shape index (κ3) is 2.11. The Morgan fingerprint density at radius 1 is 1.62 bits per heavy atom. The third-order valence-corrected chi connectivity index (χ3v) is 2.86. The molecule has 1 N–H and O–H groups in total. The van der Waals surface area contributed by atoms with Crippen LogP contribution in [0.15, 0.2) is 12.1 Å². The van der Waals surface area contributed by atoms with E-state index < -0.39 is 0 Å². The summed E-state index contributed by atoms with van der Waals surface area (Å²) in [5.41, 5.74) is 1.22. The van der Waals surface area contributed by atoms with Crippen molar-refractivity contribution in [3.8, 4) is 11.8 Å². The third-order valence-electron chi connectivity index (χ3n) is 1.63. The van der Waals surface area contributed by atoms with Crippen molar-refractivity contribution < 1.29 is 9.84 Å². The molecular formula is C9H8INO2. The van der Waals surface area contributed by atoms with E-state index in [4.69, 9.17) is 15.1 Å². The van der Waals surface area contributed by atoms with Crippen LogP contribution in [0.4, 0.5) is 0 Å². The summed E-state index contributed by atoms with van der Waals surface area (Å²) in [6.07, 6.45) is 0. The zero-order valence-corrected chi connectivity index (χ0v) is 9.20. The smallest absolute Gasteiger partial charge is 0.133 e. The molecule has 0 unspecified atom stereocenters. The first-order valence-electron chi connectivity index (χ1n) is 3.60. The maximum atomic E-state index is 8.99. The average molecular weight is 289 g/mol. The number of aliphatic hydroxyl groups excluding tert-OH is 1. The molecule has 4 heteroatoms. The fraction of sp³-hybridized carbons (Fsp3) is 0.222. The molecular weight excluding hydrogens is 281 g/mol. The van der Waals surface area contributed by atoms with Crippen LogP contribution in [0.5, 0.6) is 5.75 Å². The van der Waals surface area contributed by atoms with E-state index in [9.17, 15) is 0 Å². The lowest BCUT2D eigenvalue weighted by Gasteiger charge is -2.07. The van der Waals surface area contributed by atoms with Gasteiger partial charge >= 0.3 is 0 Å². The van der Waals surface area contributed by atoms with Crippen molar-refractivity contribution in [2.75, 3.05) is 7.11 Å². The minimum atomic E-state index is -0.0792. The summed E-state index contributed by atoms with van der Waals surface area (Å²) >= 11 is 2.08. The molecule has 3 nitrogen and oxygen atoms in total. The van der Waals surface area contributed by atoms with Gasteiger partial charge in [-0.15, -0.1) is 0 Å². The van der Waals surface area contributed by atoms with Crippen molar-refractivity contribution in [3.63, 3.8) is 0 Å². The fourth-order valence-corrected chi connectivity index (χ4v) is 1.69. The number of nitriles is 1. The zero-order valence-electron chi connectivity index (χ0n) is 7.04. The average Bonchev–Trinajstić information content (AvgIpc) is 2.18. The van der Waals surface area contributed by atoms with Gasteiger partial charge in [0.25, 0.3) is 0 Å². The predicted octanol–water partition coefficient (Wildman–Crippen LogP) is 1.66. The van der Waals surface area contributed by atoms with Crippen LogP contribution in [-0.2, 0) is 6.61 Å². The second-order valence-corrected chi connectivity index (χ2v) is 3.50. The molecule has 0 spiro atoms. The molecule has 0 amide bonds. The molecule has 0 aromatic heterocycles. The second kappa shape index (κ2) is 4.44. The van der Waals surface area contributed by atoms with Crippen LogP contribution < -0.4 is 4.74 Å². The molecule has 0 bridgehead atoms. The van der Waals surface area contributed by atoms with Gasteiger partial charge in [0.1, 0.15) is 5.75 Å². The van der Waals surface area contributed by atoms with Gasteiger partial charge in [-0.25, -0.2) is 0 Å². The summed E-state index contributed by atoms with van der Waals surface area (Å²) in [4.78, 5) is 0. The zero-order chi connectivity index (χ0) is 9.84. The summed E-state index contributed by atoms with van der Waals surface area (Å²) in [5, 5.41) is 17.7. The molecule has 0 aliphatic rings. The SMILES string of the molecule is COc1cc(C#N)cc(CO)c1I. The largest absolute Gasteiger partial charge is 0.496 e. The summed E-state index contributed by atoms with van der Waals surface area (Å²) in [5.74, 6) is 0.628. The maximum Gasteiger partial charge on any atom is 0.133 e. The molecule has 0 saturated heterocycles. The summed E-state index contributed by atoms with van der Waals surface area (Å²) in [6, 6.07) is 5.32. The molecule has 1 aromatic carbocycles. The van der Waals surface area contributed by atoms with Gasteiger partial charge in [-0.3, -0.25) is 0 Å². The topological polar surface area (TPSA) is 53.2 Å². The Morgan fingerprint density at radius 2 is 2.31 bits per heavy atom. The van der Waals surface area contributed by atoms with E-state index in [1.165, 1.54) is 0 Å². The van der Waals surface area contributed by atoms with E-state index >= 15 is 0 Å². The van der Waals surface area contributed by atoms with Crippen molar-refractivity contribution in [2.45, 2.75) is 6.61 Å². The highest BCUT2D eigenvalue weighted by molar-refractivity contribution is 14.1. The number of hydrogen-bond acceptors (Lipinski definition) is 3. The normalized spacial score (nSPS) is 9.38. The first kappa shape index (κ1) is 10.3. The van der Waals surface area contributed by atoms with Gasteiger partial charge in [0.2, 0.25) is 0 Å². The summed E-state index contributed by atoms with van der Waals surface area (Å²) in [6.45, 7) is -0.0792. The molecule has 0 atom stereocenters. The molecule has 68 valence electrons. The van der Waals surface area contributed by atoms with E-state index in [0.717, 1.165) is 9.13 Å². The maximum absolute atomic E-state index is 8.99. The Bertz CT molecular complexity index is 332. The van der Waals surface area contributed by atoms with Crippen molar-refractivity contribution in [2.24, 2.45) is 0 Å². The lowest BCUT2D eigenvalue weighted by molar-refractivity contribution is 0.280. The van der Waals surface area contributed by atoms with Crippen molar-refractivity contribution in [1.29, 1.82) is 5.26 Å². The van der Waals surface area contributed by atoms with Crippen molar-refractivity contribution >= 4 is 22.6 Å². The summed E-state index contributed by atoms with van der Waals surface area (Å²) in [7, 11) is 1.54. The van der Waals surface area contributed by atoms with Crippen molar-refractivity contribution in [3.05, 3.63) is 26.8 Å². The van der Waals surface area contributed by atoms with Crippen LogP contribution in [0.25, 0.3) is 0 Å². The van der Waals surface area contributed by atoms with E-state index in [0.29, 0.717) is 11.3 Å². The van der Waals surface area contributed by atoms with Gasteiger partial charge in [-0.2, -0.15) is 5.26 Å². The number of benzene rings is 1. The number of halogens is 1. The minimum absolute atomic E-state index is 0.0792. The quantitative estimate of drug-likeness (QED) is 0.842. The van der Waals surface area contributed by atoms with Gasteiger partial charge in [0.05, 0.1) is 28.9 Å². The van der Waals surface area contributed by atoms with E-state index in [-0.39, 0.29) is 6.61 Å². The standard InChI is InChI=1S/C9H8INO2/c1-13-8-3-6(4-11)2-7(5-12)9(8)10/h2-3,12H,5H2,1H3. The number of hydrogen-bond donors (Lipinski definition) is 1. The van der Waals surface area contributed by atoms with Crippen LogP contribution in [0.2, 0.25) is 0 Å². The van der Waals surface area contributed by atoms with Gasteiger partial charge < -0.3 is 9.84 Å². The molecule has 0 radical (unpaired) electrons. The van der Waals surface area contributed by atoms with Gasteiger partial charge in [-0.1, -0.05) is 0 Å². The van der Waals surface area contributed by atoms with Crippen LogP contribution in [0.3, 0.4) is 0 Å². The Hall–Kier alpha value is -0.800. The summed E-state index contributed by atoms with van der Waals surface area (Å²) < 4.78 is 5.91.